The molecule has 1 heterocycles. The Morgan fingerprint density at radius 3 is 2.10 bits per heavy atom. The van der Waals surface area contributed by atoms with Gasteiger partial charge in [0.15, 0.2) is 11.5 Å². The molecule has 0 saturated heterocycles. The summed E-state index contributed by atoms with van der Waals surface area (Å²) in [6.07, 6.45) is 0. The Kier molecular flexibility index (Phi) is 8.70. The average Bonchev–Trinajstić information content (AvgIpc) is 3.43. The molecule has 0 aliphatic carbocycles. The fourth-order valence-corrected chi connectivity index (χ4v) is 5.61. The molecule has 0 radical (unpaired) electrons. The second kappa shape index (κ2) is 12.2. The van der Waals surface area contributed by atoms with Crippen molar-refractivity contribution >= 4 is 21.9 Å². The normalized spacial score (nSPS) is 11.5. The number of rotatable bonds is 11. The topological polar surface area (TPSA) is 133 Å². The van der Waals surface area contributed by atoms with Crippen molar-refractivity contribution in [3.63, 3.8) is 0 Å². The summed E-state index contributed by atoms with van der Waals surface area (Å²) in [6.45, 7) is 3.87. The van der Waals surface area contributed by atoms with Gasteiger partial charge in [0.1, 0.15) is 0 Å². The molecule has 0 aliphatic rings. The molecule has 4 aromatic rings. The van der Waals surface area contributed by atoms with Gasteiger partial charge in [0, 0.05) is 23.7 Å². The number of nitrogens with one attached hydrogen (secondary N) is 1. The van der Waals surface area contributed by atoms with Crippen LogP contribution >= 0.6 is 0 Å². The van der Waals surface area contributed by atoms with Crippen LogP contribution in [0.15, 0.2) is 76.0 Å². The Bertz CT molecular complexity index is 1540. The Hall–Kier alpha value is -4.42. The minimum absolute atomic E-state index is 0.0798. The minimum atomic E-state index is -3.81. The molecule has 0 bridgehead atoms. The van der Waals surface area contributed by atoms with Gasteiger partial charge in [-0.25, -0.2) is 8.42 Å². The highest BCUT2D eigenvalue weighted by molar-refractivity contribution is 7.89. The molecular weight excluding hydrogens is 536 g/mol. The highest BCUT2D eigenvalue weighted by atomic mass is 32.2. The quantitative estimate of drug-likeness (QED) is 0.276. The molecule has 0 atom stereocenters. The molecule has 0 spiro atoms. The lowest BCUT2D eigenvalue weighted by Gasteiger charge is -2.26. The summed E-state index contributed by atoms with van der Waals surface area (Å²) in [6, 6.07) is 17.9. The fraction of sp³-hybridized carbons (Fsp3) is 0.250. The molecular formula is C28H30N4O7S. The number of ether oxygens (including phenoxy) is 3. The van der Waals surface area contributed by atoms with Crippen molar-refractivity contribution in [1.82, 2.24) is 14.5 Å². The van der Waals surface area contributed by atoms with Gasteiger partial charge >= 0.3 is 6.01 Å². The van der Waals surface area contributed by atoms with Crippen LogP contribution in [0.3, 0.4) is 0 Å². The van der Waals surface area contributed by atoms with Crippen molar-refractivity contribution in [3.05, 3.63) is 77.9 Å². The van der Waals surface area contributed by atoms with E-state index >= 15 is 0 Å². The molecule has 0 saturated carbocycles. The van der Waals surface area contributed by atoms with Crippen molar-refractivity contribution in [1.29, 1.82) is 0 Å². The predicted octanol–water partition coefficient (Wildman–Crippen LogP) is 4.61. The molecule has 210 valence electrons. The number of carbonyl (C=O) groups is 1. The molecule has 40 heavy (non-hydrogen) atoms. The minimum Gasteiger partial charge on any atom is -0.493 e. The third kappa shape index (κ3) is 6.08. The molecule has 0 unspecified atom stereocenters. The lowest BCUT2D eigenvalue weighted by molar-refractivity contribution is 0.102. The Labute approximate surface area is 232 Å². The maximum atomic E-state index is 13.4. The van der Waals surface area contributed by atoms with Crippen molar-refractivity contribution in [2.75, 3.05) is 26.6 Å². The fourth-order valence-electron chi connectivity index (χ4n) is 3.99. The van der Waals surface area contributed by atoms with Gasteiger partial charge in [-0.05, 0) is 55.8 Å². The van der Waals surface area contributed by atoms with Crippen LogP contribution in [0.25, 0.3) is 11.5 Å². The zero-order valence-electron chi connectivity index (χ0n) is 22.7. The molecule has 11 nitrogen and oxygen atoms in total. The van der Waals surface area contributed by atoms with E-state index in [1.54, 1.807) is 12.1 Å². The predicted molar refractivity (Wildman–Crippen MR) is 148 cm³/mol. The lowest BCUT2D eigenvalue weighted by Crippen LogP contribution is -2.36. The molecule has 4 rings (SSSR count). The van der Waals surface area contributed by atoms with E-state index in [2.05, 4.69) is 15.5 Å². The highest BCUT2D eigenvalue weighted by Gasteiger charge is 2.27. The third-order valence-corrected chi connectivity index (χ3v) is 8.07. The van der Waals surface area contributed by atoms with Gasteiger partial charge < -0.3 is 18.6 Å². The molecule has 0 fully saturated rings. The van der Waals surface area contributed by atoms with E-state index in [4.69, 9.17) is 18.6 Å². The Balaban J connectivity index is 1.50. The van der Waals surface area contributed by atoms with E-state index in [9.17, 15) is 13.2 Å². The molecule has 1 N–H and O–H groups in total. The first-order valence-corrected chi connectivity index (χ1v) is 13.7. The second-order valence-corrected chi connectivity index (χ2v) is 10.8. The summed E-state index contributed by atoms with van der Waals surface area (Å²) in [5.74, 6) is 0.770. The summed E-state index contributed by atoms with van der Waals surface area (Å²) in [5.41, 5.74) is 1.58. The number of hydrogen-bond acceptors (Lipinski definition) is 9. The first-order chi connectivity index (χ1) is 19.2. The first kappa shape index (κ1) is 28.6. The monoisotopic (exact) mass is 566 g/mol. The summed E-state index contributed by atoms with van der Waals surface area (Å²) in [4.78, 5) is 12.9. The van der Waals surface area contributed by atoms with Gasteiger partial charge in [-0.3, -0.25) is 10.1 Å². The van der Waals surface area contributed by atoms with E-state index in [-0.39, 0.29) is 35.0 Å². The summed E-state index contributed by atoms with van der Waals surface area (Å²) < 4.78 is 49.8. The van der Waals surface area contributed by atoms with Crippen LogP contribution in [0.4, 0.5) is 6.01 Å². The number of anilines is 1. The lowest BCUT2D eigenvalue weighted by atomic mass is 10.2. The van der Waals surface area contributed by atoms with Gasteiger partial charge in [-0.15, -0.1) is 5.10 Å². The number of carbonyl (C=O) groups excluding carboxylic acids is 1. The van der Waals surface area contributed by atoms with Gasteiger partial charge in [0.25, 0.3) is 5.91 Å². The van der Waals surface area contributed by atoms with Crippen LogP contribution in [-0.4, -0.2) is 56.2 Å². The number of aromatic nitrogens is 2. The van der Waals surface area contributed by atoms with Crippen LogP contribution < -0.4 is 19.5 Å². The van der Waals surface area contributed by atoms with Gasteiger partial charge in [-0.2, -0.15) is 4.31 Å². The Morgan fingerprint density at radius 1 is 0.925 bits per heavy atom. The van der Waals surface area contributed by atoms with E-state index in [1.807, 2.05) is 44.2 Å². The largest absolute Gasteiger partial charge is 0.493 e. The van der Waals surface area contributed by atoms with Crippen molar-refractivity contribution in [2.24, 2.45) is 0 Å². The van der Waals surface area contributed by atoms with Crippen molar-refractivity contribution in [3.8, 4) is 28.7 Å². The van der Waals surface area contributed by atoms with E-state index < -0.39 is 15.9 Å². The van der Waals surface area contributed by atoms with Crippen LogP contribution in [0.5, 0.6) is 17.2 Å². The standard InChI is InChI=1S/C28H30N4O7S/c1-18(2)32(17-19-9-7-6-8-10-19)40(34,35)22-13-11-20(12-14-22)26(33)29-28-31-30-27(39-28)21-15-23(36-3)25(38-5)24(16-21)37-4/h6-16,18H,17H2,1-5H3,(H,29,31,33). The first-order valence-electron chi connectivity index (χ1n) is 12.3. The number of methoxy groups -OCH3 is 3. The molecule has 12 heteroatoms. The van der Waals surface area contributed by atoms with Crippen molar-refractivity contribution in [2.45, 2.75) is 31.3 Å². The molecule has 3 aromatic carbocycles. The second-order valence-electron chi connectivity index (χ2n) is 8.93. The third-order valence-electron chi connectivity index (χ3n) is 6.04. The number of hydrogen-bond donors (Lipinski definition) is 1. The number of sulfonamides is 1. The number of benzene rings is 3. The van der Waals surface area contributed by atoms with Crippen LogP contribution in [0, 0.1) is 0 Å². The smallest absolute Gasteiger partial charge is 0.322 e. The molecule has 0 aliphatic heterocycles. The molecule has 1 amide bonds. The van der Waals surface area contributed by atoms with E-state index in [1.165, 1.54) is 49.9 Å². The van der Waals surface area contributed by atoms with Gasteiger partial charge in [-0.1, -0.05) is 35.4 Å². The SMILES string of the molecule is COc1cc(-c2nnc(NC(=O)c3ccc(S(=O)(=O)N(Cc4ccccc4)C(C)C)cc3)o2)cc(OC)c1OC. The van der Waals surface area contributed by atoms with Gasteiger partial charge in [0.05, 0.1) is 26.2 Å². The van der Waals surface area contributed by atoms with Crippen molar-refractivity contribution < 1.29 is 31.8 Å². The maximum Gasteiger partial charge on any atom is 0.322 e. The van der Waals surface area contributed by atoms with E-state index in [0.29, 0.717) is 22.8 Å². The zero-order chi connectivity index (χ0) is 28.9. The van der Waals surface area contributed by atoms with Crippen LogP contribution in [0.1, 0.15) is 29.8 Å². The zero-order valence-corrected chi connectivity index (χ0v) is 23.6. The average molecular weight is 567 g/mol. The summed E-state index contributed by atoms with van der Waals surface area (Å²) in [5, 5.41) is 10.4. The van der Waals surface area contributed by atoms with Crippen LogP contribution in [-0.2, 0) is 16.6 Å². The highest BCUT2D eigenvalue weighted by Crippen LogP contribution is 2.41. The molecule has 1 aromatic heterocycles. The summed E-state index contributed by atoms with van der Waals surface area (Å²) in [7, 11) is 0.655. The van der Waals surface area contributed by atoms with Gasteiger partial charge in [0.2, 0.25) is 21.7 Å². The number of nitrogens with zero attached hydrogens (tertiary/aromatic N) is 3. The van der Waals surface area contributed by atoms with E-state index in [0.717, 1.165) is 5.56 Å². The number of amides is 1. The maximum absolute atomic E-state index is 13.4. The van der Waals surface area contributed by atoms with Crippen LogP contribution in [0.2, 0.25) is 0 Å². The Morgan fingerprint density at radius 2 is 1.55 bits per heavy atom. The summed E-state index contributed by atoms with van der Waals surface area (Å²) >= 11 is 0.